The van der Waals surface area contributed by atoms with E-state index in [2.05, 4.69) is 24.0 Å². The zero-order valence-corrected chi connectivity index (χ0v) is 21.7. The summed E-state index contributed by atoms with van der Waals surface area (Å²) in [4.78, 5) is 35.3. The first-order valence-electron chi connectivity index (χ1n) is 12.5. The second-order valence-electron chi connectivity index (χ2n) is 9.48. The number of ether oxygens (including phenoxy) is 1. The fourth-order valence-electron chi connectivity index (χ4n) is 3.26. The Kier molecular flexibility index (Phi) is 18.5. The number of esters is 1. The van der Waals surface area contributed by atoms with Crippen molar-refractivity contribution in [3.8, 4) is 0 Å². The van der Waals surface area contributed by atoms with E-state index in [-0.39, 0.29) is 18.7 Å². The smallest absolute Gasteiger partial charge is 0.329 e. The van der Waals surface area contributed by atoms with Crippen LogP contribution in [0.3, 0.4) is 0 Å². The van der Waals surface area contributed by atoms with Gasteiger partial charge in [-0.1, -0.05) is 58.3 Å². The molecule has 6 nitrogen and oxygen atoms in total. The van der Waals surface area contributed by atoms with Gasteiger partial charge in [-0.25, -0.2) is 4.79 Å². The minimum Gasteiger partial charge on any atom is -0.481 e. The third-order valence-corrected chi connectivity index (χ3v) is 6.16. The number of hydrogen-bond acceptors (Lipinski definition) is 5. The molecular formula is C25H47NO5S. The molecule has 0 heterocycles. The normalized spacial score (nSPS) is 12.4. The molecule has 1 atom stereocenters. The van der Waals surface area contributed by atoms with E-state index in [4.69, 9.17) is 9.84 Å². The summed E-state index contributed by atoms with van der Waals surface area (Å²) >= 11 is 2.06. The van der Waals surface area contributed by atoms with E-state index in [1.54, 1.807) is 20.8 Å². The zero-order valence-electron chi connectivity index (χ0n) is 20.9. The van der Waals surface area contributed by atoms with Crippen LogP contribution < -0.4 is 5.32 Å². The molecule has 2 N–H and O–H groups in total. The monoisotopic (exact) mass is 473 g/mol. The van der Waals surface area contributed by atoms with Crippen LogP contribution in [-0.4, -0.2) is 46.1 Å². The Morgan fingerprint density at radius 3 is 1.91 bits per heavy atom. The summed E-state index contributed by atoms with van der Waals surface area (Å²) in [6.45, 7) is 7.48. The molecule has 0 aliphatic heterocycles. The number of amides is 1. The van der Waals surface area contributed by atoms with Crippen LogP contribution in [0.1, 0.15) is 118 Å². The molecule has 0 rings (SSSR count). The van der Waals surface area contributed by atoms with Crippen LogP contribution in [0.25, 0.3) is 0 Å². The molecule has 0 saturated carbocycles. The molecule has 0 aromatic carbocycles. The Labute approximate surface area is 200 Å². The van der Waals surface area contributed by atoms with Gasteiger partial charge in [0.15, 0.2) is 0 Å². The fraction of sp³-hybridized carbons (Fsp3) is 0.880. The summed E-state index contributed by atoms with van der Waals surface area (Å²) < 4.78 is 5.31. The van der Waals surface area contributed by atoms with Crippen molar-refractivity contribution in [2.45, 2.75) is 129 Å². The molecule has 188 valence electrons. The van der Waals surface area contributed by atoms with Crippen molar-refractivity contribution in [3.63, 3.8) is 0 Å². The lowest BCUT2D eigenvalue weighted by atomic mass is 10.1. The Hall–Kier alpha value is -1.24. The van der Waals surface area contributed by atoms with E-state index in [9.17, 15) is 14.4 Å². The van der Waals surface area contributed by atoms with Gasteiger partial charge >= 0.3 is 11.9 Å². The number of rotatable bonds is 20. The lowest BCUT2D eigenvalue weighted by molar-refractivity contribution is -0.159. The molecule has 1 unspecified atom stereocenters. The SMILES string of the molecule is CCCCCCCCSCCCCCCCC(=O)NC(CCC(=O)O)C(=O)OC(C)(C)C. The number of nitrogens with one attached hydrogen (secondary N) is 1. The van der Waals surface area contributed by atoms with E-state index in [1.165, 1.54) is 62.9 Å². The van der Waals surface area contributed by atoms with Crippen molar-refractivity contribution < 1.29 is 24.2 Å². The van der Waals surface area contributed by atoms with E-state index >= 15 is 0 Å². The van der Waals surface area contributed by atoms with Crippen molar-refractivity contribution in [1.82, 2.24) is 5.32 Å². The van der Waals surface area contributed by atoms with Gasteiger partial charge in [-0.3, -0.25) is 9.59 Å². The minimum atomic E-state index is -1.00. The molecule has 0 aromatic heterocycles. The quantitative estimate of drug-likeness (QED) is 0.164. The molecule has 0 fully saturated rings. The first-order valence-corrected chi connectivity index (χ1v) is 13.6. The van der Waals surface area contributed by atoms with Gasteiger partial charge in [0.1, 0.15) is 11.6 Å². The summed E-state index contributed by atoms with van der Waals surface area (Å²) in [5.74, 6) is 0.688. The van der Waals surface area contributed by atoms with Gasteiger partial charge in [0.2, 0.25) is 5.91 Å². The van der Waals surface area contributed by atoms with Crippen LogP contribution in [0.15, 0.2) is 0 Å². The average Bonchev–Trinajstić information content (AvgIpc) is 2.69. The Bertz CT molecular complexity index is 519. The van der Waals surface area contributed by atoms with Crippen LogP contribution >= 0.6 is 11.8 Å². The summed E-state index contributed by atoms with van der Waals surface area (Å²) in [5, 5.41) is 11.5. The standard InChI is InChI=1S/C25H47NO5S/c1-5-6-7-8-11-14-19-32-20-15-12-9-10-13-16-22(27)26-21(17-18-23(28)29)24(30)31-25(2,3)4/h21H,5-20H2,1-4H3,(H,26,27)(H,28,29). The number of carboxylic acid groups (broad SMARTS) is 1. The van der Waals surface area contributed by atoms with Crippen LogP contribution in [0.5, 0.6) is 0 Å². The maximum absolute atomic E-state index is 12.3. The van der Waals surface area contributed by atoms with Gasteiger partial charge in [-0.05, 0) is 58.0 Å². The molecule has 0 spiro atoms. The number of hydrogen-bond donors (Lipinski definition) is 2. The predicted molar refractivity (Wildman–Crippen MR) is 133 cm³/mol. The highest BCUT2D eigenvalue weighted by Gasteiger charge is 2.27. The van der Waals surface area contributed by atoms with Gasteiger partial charge in [-0.2, -0.15) is 11.8 Å². The third kappa shape index (κ3) is 20.7. The van der Waals surface area contributed by atoms with Crippen molar-refractivity contribution >= 4 is 29.6 Å². The lowest BCUT2D eigenvalue weighted by Crippen LogP contribution is -2.44. The van der Waals surface area contributed by atoms with Crippen LogP contribution in [0.4, 0.5) is 0 Å². The van der Waals surface area contributed by atoms with Gasteiger partial charge in [0.25, 0.3) is 0 Å². The zero-order chi connectivity index (χ0) is 24.2. The van der Waals surface area contributed by atoms with E-state index < -0.39 is 23.6 Å². The van der Waals surface area contributed by atoms with E-state index in [0.717, 1.165) is 19.3 Å². The van der Waals surface area contributed by atoms with E-state index in [0.29, 0.717) is 6.42 Å². The number of carbonyl (C=O) groups excluding carboxylic acids is 2. The number of aliphatic carboxylic acids is 1. The first kappa shape index (κ1) is 30.8. The van der Waals surface area contributed by atoms with Crippen molar-refractivity contribution in [2.75, 3.05) is 11.5 Å². The lowest BCUT2D eigenvalue weighted by Gasteiger charge is -2.24. The second-order valence-corrected chi connectivity index (χ2v) is 10.7. The highest BCUT2D eigenvalue weighted by molar-refractivity contribution is 7.99. The molecule has 1 amide bonds. The topological polar surface area (TPSA) is 92.7 Å². The van der Waals surface area contributed by atoms with Gasteiger partial charge < -0.3 is 15.2 Å². The summed E-state index contributed by atoms with van der Waals surface area (Å²) in [6, 6.07) is -0.915. The molecule has 32 heavy (non-hydrogen) atoms. The molecule has 0 radical (unpaired) electrons. The second kappa shape index (κ2) is 19.2. The van der Waals surface area contributed by atoms with Crippen molar-refractivity contribution in [2.24, 2.45) is 0 Å². The first-order chi connectivity index (χ1) is 15.2. The number of carbonyl (C=O) groups is 3. The number of carboxylic acids is 1. The summed E-state index contributed by atoms with van der Waals surface area (Å²) in [7, 11) is 0. The Morgan fingerprint density at radius 2 is 1.38 bits per heavy atom. The van der Waals surface area contributed by atoms with Crippen molar-refractivity contribution in [3.05, 3.63) is 0 Å². The highest BCUT2D eigenvalue weighted by Crippen LogP contribution is 2.14. The average molecular weight is 474 g/mol. The third-order valence-electron chi connectivity index (χ3n) is 5.01. The van der Waals surface area contributed by atoms with Crippen LogP contribution in [0.2, 0.25) is 0 Å². The number of thioether (sulfide) groups is 1. The highest BCUT2D eigenvalue weighted by atomic mass is 32.2. The Morgan fingerprint density at radius 1 is 0.844 bits per heavy atom. The molecule has 0 saturated heterocycles. The van der Waals surface area contributed by atoms with Crippen molar-refractivity contribution in [1.29, 1.82) is 0 Å². The van der Waals surface area contributed by atoms with Gasteiger partial charge in [-0.15, -0.1) is 0 Å². The molecule has 0 aliphatic rings. The largest absolute Gasteiger partial charge is 0.481 e. The number of unbranched alkanes of at least 4 members (excludes halogenated alkanes) is 9. The molecule has 0 bridgehead atoms. The van der Waals surface area contributed by atoms with Crippen LogP contribution in [0, 0.1) is 0 Å². The summed E-state index contributed by atoms with van der Waals surface area (Å²) in [6.07, 6.45) is 13.6. The van der Waals surface area contributed by atoms with Crippen LogP contribution in [-0.2, 0) is 19.1 Å². The molecular weight excluding hydrogens is 426 g/mol. The summed E-state index contributed by atoms with van der Waals surface area (Å²) in [5.41, 5.74) is -0.684. The van der Waals surface area contributed by atoms with Gasteiger partial charge in [0, 0.05) is 12.8 Å². The molecule has 0 aromatic rings. The van der Waals surface area contributed by atoms with Gasteiger partial charge in [0.05, 0.1) is 0 Å². The van der Waals surface area contributed by atoms with E-state index in [1.807, 2.05) is 0 Å². The predicted octanol–water partition coefficient (Wildman–Crippen LogP) is 6.11. The fourth-order valence-corrected chi connectivity index (χ4v) is 4.28. The molecule has 7 heteroatoms. The maximum Gasteiger partial charge on any atom is 0.329 e. The Balaban J connectivity index is 3.85. The molecule has 0 aliphatic carbocycles. The maximum atomic E-state index is 12.3. The minimum absolute atomic E-state index is 0.0341.